The largest absolute Gasteiger partial charge is 0.309 e. The van der Waals surface area contributed by atoms with Crippen molar-refractivity contribution in [2.45, 2.75) is 64.6 Å². The molecule has 150 valence electrons. The highest BCUT2D eigenvalue weighted by Gasteiger charge is 2.56. The van der Waals surface area contributed by atoms with Crippen LogP contribution in [0.3, 0.4) is 0 Å². The van der Waals surface area contributed by atoms with Crippen molar-refractivity contribution >= 4 is 11.6 Å². The molecule has 0 N–H and O–H groups in total. The zero-order chi connectivity index (χ0) is 20.4. The average Bonchev–Trinajstić information content (AvgIpc) is 2.72. The van der Waals surface area contributed by atoms with E-state index in [-0.39, 0.29) is 17.6 Å². The van der Waals surface area contributed by atoms with E-state index in [0.717, 1.165) is 11.3 Å². The third kappa shape index (κ3) is 3.59. The number of hydroxylamine groups is 2. The number of hydrogen-bond acceptors (Lipinski definition) is 3. The van der Waals surface area contributed by atoms with Crippen molar-refractivity contribution in [1.29, 1.82) is 0 Å². The van der Waals surface area contributed by atoms with E-state index in [9.17, 15) is 4.79 Å². The Morgan fingerprint density at radius 3 is 2.04 bits per heavy atom. The zero-order valence-corrected chi connectivity index (χ0v) is 17.7. The monoisotopic (exact) mass is 380 g/mol. The van der Waals surface area contributed by atoms with Gasteiger partial charge in [0.2, 0.25) is 5.91 Å². The molecule has 1 aliphatic heterocycles. The predicted octanol–water partition coefficient (Wildman–Crippen LogP) is 5.37. The first-order chi connectivity index (χ1) is 13.4. The Morgan fingerprint density at radius 2 is 1.50 bits per heavy atom. The average molecular weight is 381 g/mol. The van der Waals surface area contributed by atoms with Crippen LogP contribution in [0, 0.1) is 0 Å². The van der Waals surface area contributed by atoms with Crippen LogP contribution in [-0.4, -0.2) is 28.6 Å². The van der Waals surface area contributed by atoms with Crippen LogP contribution in [0.2, 0.25) is 0 Å². The van der Waals surface area contributed by atoms with E-state index in [2.05, 4.69) is 46.8 Å². The molecule has 2 aromatic rings. The van der Waals surface area contributed by atoms with Crippen LogP contribution in [0.4, 0.5) is 5.69 Å². The van der Waals surface area contributed by atoms with E-state index in [0.29, 0.717) is 19.4 Å². The predicted molar refractivity (Wildman–Crippen MR) is 114 cm³/mol. The number of hydrogen-bond donors (Lipinski definition) is 0. The van der Waals surface area contributed by atoms with Gasteiger partial charge in [0.1, 0.15) is 11.6 Å². The number of piperazine rings is 1. The molecule has 4 heteroatoms. The highest BCUT2D eigenvalue weighted by atomic mass is 16.7. The van der Waals surface area contributed by atoms with Gasteiger partial charge in [-0.05, 0) is 51.3 Å². The molecule has 1 heterocycles. The molecule has 0 saturated carbocycles. The van der Waals surface area contributed by atoms with Crippen LogP contribution >= 0.6 is 0 Å². The highest BCUT2D eigenvalue weighted by Crippen LogP contribution is 2.41. The lowest BCUT2D eigenvalue weighted by Gasteiger charge is -2.56. The van der Waals surface area contributed by atoms with Gasteiger partial charge in [0.05, 0.1) is 5.54 Å². The molecule has 0 aromatic heterocycles. The van der Waals surface area contributed by atoms with Crippen LogP contribution in [0.1, 0.15) is 59.1 Å². The smallest absolute Gasteiger partial charge is 0.249 e. The Balaban J connectivity index is 1.98. The maximum atomic E-state index is 13.7. The Morgan fingerprint density at radius 1 is 0.964 bits per heavy atom. The Kier molecular flexibility index (Phi) is 5.92. The fourth-order valence-electron chi connectivity index (χ4n) is 4.28. The van der Waals surface area contributed by atoms with Gasteiger partial charge < -0.3 is 4.90 Å². The van der Waals surface area contributed by atoms with E-state index >= 15 is 0 Å². The summed E-state index contributed by atoms with van der Waals surface area (Å²) in [5.41, 5.74) is 1.03. The second-order valence-electron chi connectivity index (χ2n) is 8.23. The number of carbonyl (C=O) groups is 1. The Labute approximate surface area is 169 Å². The summed E-state index contributed by atoms with van der Waals surface area (Å²) in [6.07, 6.45) is 1.25. The third-order valence-corrected chi connectivity index (χ3v) is 5.90. The fourth-order valence-corrected chi connectivity index (χ4v) is 4.28. The van der Waals surface area contributed by atoms with Gasteiger partial charge in [0.25, 0.3) is 0 Å². The molecule has 2 aromatic carbocycles. The maximum Gasteiger partial charge on any atom is 0.249 e. The summed E-state index contributed by atoms with van der Waals surface area (Å²) in [5.74, 6) is 0.114. The molecule has 1 atom stereocenters. The van der Waals surface area contributed by atoms with Gasteiger partial charge in [-0.25, -0.2) is 0 Å². The molecule has 0 bridgehead atoms. The van der Waals surface area contributed by atoms with Crippen molar-refractivity contribution in [3.8, 4) is 0 Å². The fraction of sp³-hybridized carbons (Fsp3) is 0.458. The first-order valence-corrected chi connectivity index (χ1v) is 10.2. The first kappa shape index (κ1) is 20.6. The van der Waals surface area contributed by atoms with Crippen LogP contribution in [0.5, 0.6) is 0 Å². The number of benzene rings is 2. The lowest BCUT2D eigenvalue weighted by atomic mass is 9.82. The molecule has 1 fully saturated rings. The van der Waals surface area contributed by atoms with E-state index in [4.69, 9.17) is 4.84 Å². The van der Waals surface area contributed by atoms with Crippen molar-refractivity contribution in [3.05, 3.63) is 66.2 Å². The van der Waals surface area contributed by atoms with Crippen molar-refractivity contribution in [2.24, 2.45) is 0 Å². The molecule has 3 rings (SSSR count). The maximum absolute atomic E-state index is 13.7. The van der Waals surface area contributed by atoms with E-state index in [1.165, 1.54) is 0 Å². The number of para-hydroxylation sites is 1. The molecule has 0 aliphatic carbocycles. The number of amides is 1. The van der Waals surface area contributed by atoms with Crippen LogP contribution in [-0.2, 0) is 9.63 Å². The van der Waals surface area contributed by atoms with E-state index in [1.54, 1.807) is 0 Å². The Hall–Kier alpha value is -2.17. The second kappa shape index (κ2) is 8.06. The van der Waals surface area contributed by atoms with E-state index in [1.807, 2.05) is 58.5 Å². The number of rotatable bonds is 6. The normalized spacial score (nSPS) is 20.2. The molecular weight excluding hydrogens is 348 g/mol. The molecule has 4 nitrogen and oxygen atoms in total. The van der Waals surface area contributed by atoms with Gasteiger partial charge >= 0.3 is 0 Å². The van der Waals surface area contributed by atoms with Gasteiger partial charge in [-0.1, -0.05) is 62.4 Å². The van der Waals surface area contributed by atoms with Crippen molar-refractivity contribution in [1.82, 2.24) is 5.06 Å². The van der Waals surface area contributed by atoms with Crippen LogP contribution in [0.25, 0.3) is 0 Å². The summed E-state index contributed by atoms with van der Waals surface area (Å²) in [6, 6.07) is 20.1. The molecule has 28 heavy (non-hydrogen) atoms. The second-order valence-corrected chi connectivity index (χ2v) is 8.23. The van der Waals surface area contributed by atoms with Crippen LogP contribution < -0.4 is 4.90 Å². The minimum Gasteiger partial charge on any atom is -0.309 e. The summed E-state index contributed by atoms with van der Waals surface area (Å²) in [4.78, 5) is 22.2. The first-order valence-electron chi connectivity index (χ1n) is 10.2. The van der Waals surface area contributed by atoms with Gasteiger partial charge in [-0.3, -0.25) is 9.63 Å². The minimum atomic E-state index is -0.694. The Bertz CT molecular complexity index is 785. The molecule has 0 spiro atoms. The summed E-state index contributed by atoms with van der Waals surface area (Å²) >= 11 is 0. The van der Waals surface area contributed by atoms with E-state index < -0.39 is 5.54 Å². The molecule has 1 unspecified atom stereocenters. The SMILES string of the molecule is CCC1(CC)C(=O)N(c2ccccc2)CC(C)(C)N1OC(C)c1ccccc1. The topological polar surface area (TPSA) is 32.8 Å². The summed E-state index contributed by atoms with van der Waals surface area (Å²) in [7, 11) is 0. The summed E-state index contributed by atoms with van der Waals surface area (Å²) in [5, 5.41) is 2.00. The highest BCUT2D eigenvalue weighted by molar-refractivity contribution is 6.01. The lowest BCUT2D eigenvalue weighted by Crippen LogP contribution is -2.73. The third-order valence-electron chi connectivity index (χ3n) is 5.90. The van der Waals surface area contributed by atoms with Gasteiger partial charge in [0.15, 0.2) is 0 Å². The van der Waals surface area contributed by atoms with Crippen LogP contribution in [0.15, 0.2) is 60.7 Å². The number of carbonyl (C=O) groups excluding carboxylic acids is 1. The van der Waals surface area contributed by atoms with Gasteiger partial charge in [-0.2, -0.15) is 5.06 Å². The van der Waals surface area contributed by atoms with Crippen molar-refractivity contribution in [2.75, 3.05) is 11.4 Å². The molecular formula is C24H32N2O2. The minimum absolute atomic E-state index is 0.114. The van der Waals surface area contributed by atoms with Gasteiger partial charge in [0, 0.05) is 12.2 Å². The zero-order valence-electron chi connectivity index (χ0n) is 17.7. The molecule has 0 radical (unpaired) electrons. The molecule has 1 aliphatic rings. The van der Waals surface area contributed by atoms with Gasteiger partial charge in [-0.15, -0.1) is 0 Å². The summed E-state index contributed by atoms with van der Waals surface area (Å²) < 4.78 is 0. The van der Waals surface area contributed by atoms with Crippen molar-refractivity contribution in [3.63, 3.8) is 0 Å². The standard InChI is InChI=1S/C24H32N2O2/c1-6-24(7-2)22(27)25(21-16-12-9-13-17-21)18-23(4,5)26(24)28-19(3)20-14-10-8-11-15-20/h8-17,19H,6-7,18H2,1-5H3. The molecule has 1 saturated heterocycles. The number of nitrogens with zero attached hydrogens (tertiary/aromatic N) is 2. The lowest BCUT2D eigenvalue weighted by molar-refractivity contribution is -0.296. The summed E-state index contributed by atoms with van der Waals surface area (Å²) in [6.45, 7) is 11.1. The number of anilines is 1. The quantitative estimate of drug-likeness (QED) is 0.676. The molecule has 1 amide bonds. The van der Waals surface area contributed by atoms with Crippen molar-refractivity contribution < 1.29 is 9.63 Å².